The Labute approximate surface area is 105 Å². The van der Waals surface area contributed by atoms with E-state index in [2.05, 4.69) is 20.9 Å². The number of thioether (sulfide) groups is 1. The van der Waals surface area contributed by atoms with Crippen molar-refractivity contribution in [3.05, 3.63) is 21.8 Å². The number of rotatable bonds is 4. The Morgan fingerprint density at radius 2 is 2.47 bits per heavy atom. The first kappa shape index (κ1) is 12.8. The van der Waals surface area contributed by atoms with Crippen molar-refractivity contribution in [2.75, 3.05) is 0 Å². The van der Waals surface area contributed by atoms with Gasteiger partial charge in [-0.1, -0.05) is 18.5 Å². The molecule has 0 aliphatic rings. The van der Waals surface area contributed by atoms with Gasteiger partial charge in [0.25, 0.3) is 0 Å². The molecule has 0 bridgehead atoms. The second kappa shape index (κ2) is 5.72. The second-order valence-electron chi connectivity index (χ2n) is 2.97. The molecule has 82 valence electrons. The third-order valence-electron chi connectivity index (χ3n) is 1.55. The van der Waals surface area contributed by atoms with Crippen LogP contribution in [-0.4, -0.2) is 21.3 Å². The van der Waals surface area contributed by atoms with Crippen molar-refractivity contribution in [3.8, 4) is 0 Å². The molecule has 0 saturated heterocycles. The smallest absolute Gasteiger partial charge is 0.304 e. The third kappa shape index (κ3) is 4.40. The molecule has 1 unspecified atom stereocenters. The molecule has 0 fully saturated rings. The van der Waals surface area contributed by atoms with Gasteiger partial charge in [0.1, 0.15) is 5.03 Å². The second-order valence-corrected chi connectivity index (χ2v) is 5.68. The highest BCUT2D eigenvalue weighted by molar-refractivity contribution is 9.10. The topological polar surface area (TPSA) is 50.2 Å². The molecule has 0 radical (unpaired) electrons. The van der Waals surface area contributed by atoms with Crippen LogP contribution in [0, 0.1) is 0 Å². The summed E-state index contributed by atoms with van der Waals surface area (Å²) in [7, 11) is 0. The number of carboxylic acids is 1. The standard InChI is InChI=1S/C9H9BrClNO2S/c1-5(2-8(13)14)15-9-7(10)3-6(11)4-12-9/h3-5H,2H2,1H3,(H,13,14). The zero-order chi connectivity index (χ0) is 11.4. The predicted octanol–water partition coefficient (Wildman–Crippen LogP) is 3.45. The van der Waals surface area contributed by atoms with Gasteiger partial charge in [0, 0.05) is 11.4 Å². The van der Waals surface area contributed by atoms with E-state index in [1.54, 1.807) is 12.3 Å². The SMILES string of the molecule is CC(CC(=O)O)Sc1ncc(Cl)cc1Br. The van der Waals surface area contributed by atoms with Gasteiger partial charge in [-0.3, -0.25) is 4.79 Å². The van der Waals surface area contributed by atoms with Crippen molar-refractivity contribution >= 4 is 45.3 Å². The molecule has 15 heavy (non-hydrogen) atoms. The summed E-state index contributed by atoms with van der Waals surface area (Å²) in [4.78, 5) is 14.6. The highest BCUT2D eigenvalue weighted by Crippen LogP contribution is 2.31. The van der Waals surface area contributed by atoms with E-state index in [0.29, 0.717) is 5.02 Å². The van der Waals surface area contributed by atoms with Gasteiger partial charge in [0.15, 0.2) is 0 Å². The minimum Gasteiger partial charge on any atom is -0.481 e. The lowest BCUT2D eigenvalue weighted by molar-refractivity contribution is -0.136. The molecule has 1 rings (SSSR count). The summed E-state index contributed by atoms with van der Waals surface area (Å²) in [6, 6.07) is 1.74. The number of hydrogen-bond donors (Lipinski definition) is 1. The molecular weight excluding hydrogens is 302 g/mol. The van der Waals surface area contributed by atoms with Crippen molar-refractivity contribution in [1.82, 2.24) is 4.98 Å². The molecule has 0 saturated carbocycles. The van der Waals surface area contributed by atoms with E-state index in [9.17, 15) is 4.79 Å². The maximum atomic E-state index is 10.5. The molecular formula is C9H9BrClNO2S. The zero-order valence-corrected chi connectivity index (χ0v) is 11.1. The number of nitrogens with zero attached hydrogens (tertiary/aromatic N) is 1. The van der Waals surface area contributed by atoms with E-state index in [1.165, 1.54) is 11.8 Å². The number of pyridine rings is 1. The Morgan fingerprint density at radius 3 is 3.00 bits per heavy atom. The van der Waals surface area contributed by atoms with E-state index in [-0.39, 0.29) is 11.7 Å². The molecule has 3 nitrogen and oxygen atoms in total. The first-order valence-corrected chi connectivity index (χ1v) is 6.23. The fourth-order valence-corrected chi connectivity index (χ4v) is 2.78. The van der Waals surface area contributed by atoms with Gasteiger partial charge in [-0.2, -0.15) is 0 Å². The Morgan fingerprint density at radius 1 is 1.80 bits per heavy atom. The van der Waals surface area contributed by atoms with Crippen molar-refractivity contribution < 1.29 is 9.90 Å². The summed E-state index contributed by atoms with van der Waals surface area (Å²) in [5, 5.41) is 9.90. The Bertz CT molecular complexity index is 375. The van der Waals surface area contributed by atoms with E-state index < -0.39 is 5.97 Å². The first-order valence-electron chi connectivity index (χ1n) is 4.18. The van der Waals surface area contributed by atoms with E-state index >= 15 is 0 Å². The van der Waals surface area contributed by atoms with Crippen LogP contribution in [0.4, 0.5) is 0 Å². The van der Waals surface area contributed by atoms with Crippen LogP contribution < -0.4 is 0 Å². The quantitative estimate of drug-likeness (QED) is 0.865. The van der Waals surface area contributed by atoms with Crippen LogP contribution in [0.3, 0.4) is 0 Å². The predicted molar refractivity (Wildman–Crippen MR) is 64.5 cm³/mol. The van der Waals surface area contributed by atoms with Gasteiger partial charge in [-0.05, 0) is 22.0 Å². The number of hydrogen-bond acceptors (Lipinski definition) is 3. The fraction of sp³-hybridized carbons (Fsp3) is 0.333. The average molecular weight is 311 g/mol. The molecule has 0 aromatic carbocycles. The normalized spacial score (nSPS) is 12.5. The summed E-state index contributed by atoms with van der Waals surface area (Å²) in [5.41, 5.74) is 0. The molecule has 1 heterocycles. The van der Waals surface area contributed by atoms with Crippen LogP contribution in [0.15, 0.2) is 21.8 Å². The monoisotopic (exact) mass is 309 g/mol. The lowest BCUT2D eigenvalue weighted by Crippen LogP contribution is -2.05. The van der Waals surface area contributed by atoms with Crippen LogP contribution in [0.1, 0.15) is 13.3 Å². The van der Waals surface area contributed by atoms with Crippen molar-refractivity contribution in [1.29, 1.82) is 0 Å². The number of carboxylic acid groups (broad SMARTS) is 1. The van der Waals surface area contributed by atoms with Crippen molar-refractivity contribution in [3.63, 3.8) is 0 Å². The van der Waals surface area contributed by atoms with Crippen molar-refractivity contribution in [2.24, 2.45) is 0 Å². The minimum atomic E-state index is -0.805. The number of carbonyl (C=O) groups is 1. The van der Waals surface area contributed by atoms with Gasteiger partial charge in [0.2, 0.25) is 0 Å². The maximum absolute atomic E-state index is 10.5. The number of halogens is 2. The summed E-state index contributed by atoms with van der Waals surface area (Å²) in [5.74, 6) is -0.805. The summed E-state index contributed by atoms with van der Waals surface area (Å²) < 4.78 is 0.789. The first-order chi connectivity index (χ1) is 6.99. The van der Waals surface area contributed by atoms with Crippen LogP contribution >= 0.6 is 39.3 Å². The number of aromatic nitrogens is 1. The molecule has 0 spiro atoms. The summed E-state index contributed by atoms with van der Waals surface area (Å²) in [6.45, 7) is 1.85. The van der Waals surface area contributed by atoms with E-state index in [0.717, 1.165) is 9.50 Å². The molecule has 0 amide bonds. The van der Waals surface area contributed by atoms with Gasteiger partial charge in [-0.15, -0.1) is 11.8 Å². The lowest BCUT2D eigenvalue weighted by Gasteiger charge is -2.08. The molecule has 1 aromatic rings. The number of aliphatic carboxylic acids is 1. The van der Waals surface area contributed by atoms with Gasteiger partial charge < -0.3 is 5.11 Å². The zero-order valence-electron chi connectivity index (χ0n) is 7.91. The van der Waals surface area contributed by atoms with Gasteiger partial charge in [-0.25, -0.2) is 4.98 Å². The van der Waals surface area contributed by atoms with Crippen LogP contribution in [0.5, 0.6) is 0 Å². The van der Waals surface area contributed by atoms with Crippen LogP contribution in [-0.2, 0) is 4.79 Å². The molecule has 1 N–H and O–H groups in total. The van der Waals surface area contributed by atoms with Crippen molar-refractivity contribution in [2.45, 2.75) is 23.6 Å². The molecule has 6 heteroatoms. The molecule has 0 aliphatic heterocycles. The summed E-state index contributed by atoms with van der Waals surface area (Å²) in [6.07, 6.45) is 1.66. The average Bonchev–Trinajstić information content (AvgIpc) is 2.08. The minimum absolute atomic E-state index is 0.0209. The summed E-state index contributed by atoms with van der Waals surface area (Å²) >= 11 is 10.5. The fourth-order valence-electron chi connectivity index (χ4n) is 0.967. The van der Waals surface area contributed by atoms with Crippen LogP contribution in [0.25, 0.3) is 0 Å². The van der Waals surface area contributed by atoms with E-state index in [1.807, 2.05) is 6.92 Å². The van der Waals surface area contributed by atoms with Gasteiger partial charge >= 0.3 is 5.97 Å². The van der Waals surface area contributed by atoms with E-state index in [4.69, 9.17) is 16.7 Å². The molecule has 1 atom stereocenters. The Balaban J connectivity index is 2.68. The molecule has 1 aromatic heterocycles. The third-order valence-corrected chi connectivity index (χ3v) is 3.74. The largest absolute Gasteiger partial charge is 0.481 e. The Hall–Kier alpha value is -0.260. The highest BCUT2D eigenvalue weighted by atomic mass is 79.9. The van der Waals surface area contributed by atoms with Crippen LogP contribution in [0.2, 0.25) is 5.02 Å². The molecule has 0 aliphatic carbocycles. The Kier molecular flexibility index (Phi) is 4.89. The highest BCUT2D eigenvalue weighted by Gasteiger charge is 2.12. The maximum Gasteiger partial charge on any atom is 0.304 e. The van der Waals surface area contributed by atoms with Gasteiger partial charge in [0.05, 0.1) is 15.9 Å². The lowest BCUT2D eigenvalue weighted by atomic mass is 10.3.